The molecule has 0 amide bonds. The fourth-order valence-corrected chi connectivity index (χ4v) is 3.55. The molecule has 100 valence electrons. The van der Waals surface area contributed by atoms with Gasteiger partial charge in [0.25, 0.3) is 0 Å². The van der Waals surface area contributed by atoms with E-state index in [0.717, 1.165) is 18.1 Å². The van der Waals surface area contributed by atoms with Crippen LogP contribution in [0.15, 0.2) is 0 Å². The number of methoxy groups -OCH3 is 1. The predicted molar refractivity (Wildman–Crippen MR) is 75.6 cm³/mol. The van der Waals surface area contributed by atoms with Crippen LogP contribution in [-0.4, -0.2) is 26.2 Å². The summed E-state index contributed by atoms with van der Waals surface area (Å²) in [5.41, 5.74) is 7.96. The summed E-state index contributed by atoms with van der Waals surface area (Å²) in [6, 6.07) is 0. The average molecular weight is 268 g/mol. The van der Waals surface area contributed by atoms with Gasteiger partial charge in [0.1, 0.15) is 4.88 Å². The van der Waals surface area contributed by atoms with Gasteiger partial charge in [0, 0.05) is 18.7 Å². The van der Waals surface area contributed by atoms with Crippen molar-refractivity contribution in [2.24, 2.45) is 0 Å². The number of nitrogens with zero attached hydrogens (tertiary/aromatic N) is 1. The molecule has 1 aliphatic rings. The third kappa shape index (κ3) is 2.19. The highest BCUT2D eigenvalue weighted by Gasteiger charge is 2.34. The van der Waals surface area contributed by atoms with Gasteiger partial charge in [0.2, 0.25) is 0 Å². The molecule has 1 aliphatic carbocycles. The fourth-order valence-electron chi connectivity index (χ4n) is 2.20. The van der Waals surface area contributed by atoms with Gasteiger partial charge >= 0.3 is 5.97 Å². The van der Waals surface area contributed by atoms with Crippen molar-refractivity contribution in [3.05, 3.63) is 10.4 Å². The molecule has 18 heavy (non-hydrogen) atoms. The van der Waals surface area contributed by atoms with Crippen LogP contribution < -0.4 is 10.6 Å². The van der Waals surface area contributed by atoms with Gasteiger partial charge in [0.05, 0.1) is 17.8 Å². The van der Waals surface area contributed by atoms with Crippen LogP contribution in [0.5, 0.6) is 0 Å². The van der Waals surface area contributed by atoms with E-state index >= 15 is 0 Å². The van der Waals surface area contributed by atoms with Crippen molar-refractivity contribution in [2.45, 2.75) is 32.6 Å². The lowest BCUT2D eigenvalue weighted by molar-refractivity contribution is 0.0607. The Kier molecular flexibility index (Phi) is 3.80. The van der Waals surface area contributed by atoms with Crippen molar-refractivity contribution in [1.29, 1.82) is 0 Å². The summed E-state index contributed by atoms with van der Waals surface area (Å²) in [4.78, 5) is 14.6. The third-order valence-electron chi connectivity index (χ3n) is 3.37. The summed E-state index contributed by atoms with van der Waals surface area (Å²) in [5, 5.41) is 1.15. The standard InChI is InChI=1S/C13H20N2O2S/c1-4-15(5-2)12-9(8-6-7-8)10(14)11(18-12)13(16)17-3/h8H,4-7,14H2,1-3H3. The number of thiophene rings is 1. The van der Waals surface area contributed by atoms with Gasteiger partial charge in [-0.05, 0) is 32.6 Å². The van der Waals surface area contributed by atoms with Gasteiger partial charge < -0.3 is 15.4 Å². The molecule has 2 rings (SSSR count). The van der Waals surface area contributed by atoms with Crippen LogP contribution in [0.4, 0.5) is 10.7 Å². The summed E-state index contributed by atoms with van der Waals surface area (Å²) >= 11 is 1.47. The number of nitrogen functional groups attached to an aromatic ring is 1. The molecule has 0 bridgehead atoms. The minimum atomic E-state index is -0.321. The van der Waals surface area contributed by atoms with Crippen LogP contribution in [0, 0.1) is 0 Å². The summed E-state index contributed by atoms with van der Waals surface area (Å²) in [6.07, 6.45) is 2.35. The van der Waals surface area contributed by atoms with Crippen molar-refractivity contribution >= 4 is 28.0 Å². The van der Waals surface area contributed by atoms with Gasteiger partial charge in [-0.3, -0.25) is 0 Å². The van der Waals surface area contributed by atoms with E-state index in [1.165, 1.54) is 36.9 Å². The predicted octanol–water partition coefficient (Wildman–Crippen LogP) is 2.84. The molecule has 1 aromatic heterocycles. The van der Waals surface area contributed by atoms with Crippen LogP contribution >= 0.6 is 11.3 Å². The molecule has 0 radical (unpaired) electrons. The molecule has 0 saturated heterocycles. The highest BCUT2D eigenvalue weighted by atomic mass is 32.1. The number of carbonyl (C=O) groups excluding carboxylic acids is 1. The first-order valence-corrected chi connectivity index (χ1v) is 7.21. The molecular formula is C13H20N2O2S. The zero-order valence-corrected chi connectivity index (χ0v) is 12.0. The lowest BCUT2D eigenvalue weighted by Crippen LogP contribution is -2.21. The van der Waals surface area contributed by atoms with Gasteiger partial charge in [-0.1, -0.05) is 0 Å². The molecule has 2 N–H and O–H groups in total. The van der Waals surface area contributed by atoms with Crippen LogP contribution in [0.3, 0.4) is 0 Å². The highest BCUT2D eigenvalue weighted by molar-refractivity contribution is 7.18. The Hall–Kier alpha value is -1.23. The molecule has 1 saturated carbocycles. The second-order valence-electron chi connectivity index (χ2n) is 4.50. The average Bonchev–Trinajstić information content (AvgIpc) is 3.15. The number of rotatable bonds is 5. The van der Waals surface area contributed by atoms with Crippen molar-refractivity contribution in [3.8, 4) is 0 Å². The first-order chi connectivity index (χ1) is 8.63. The van der Waals surface area contributed by atoms with Gasteiger partial charge in [0.15, 0.2) is 0 Å². The van der Waals surface area contributed by atoms with Crippen LogP contribution in [-0.2, 0) is 4.74 Å². The van der Waals surface area contributed by atoms with Crippen LogP contribution in [0.2, 0.25) is 0 Å². The van der Waals surface area contributed by atoms with E-state index in [9.17, 15) is 4.79 Å². The molecule has 0 aromatic carbocycles. The highest BCUT2D eigenvalue weighted by Crippen LogP contribution is 2.52. The van der Waals surface area contributed by atoms with E-state index in [4.69, 9.17) is 10.5 Å². The molecule has 1 aromatic rings. The Bertz CT molecular complexity index is 448. The van der Waals surface area contributed by atoms with E-state index in [2.05, 4.69) is 18.7 Å². The molecule has 1 fully saturated rings. The maximum Gasteiger partial charge on any atom is 0.350 e. The number of nitrogens with two attached hydrogens (primary N) is 1. The van der Waals surface area contributed by atoms with Crippen molar-refractivity contribution in [1.82, 2.24) is 0 Å². The number of hydrogen-bond acceptors (Lipinski definition) is 5. The number of hydrogen-bond donors (Lipinski definition) is 1. The Morgan fingerprint density at radius 3 is 2.50 bits per heavy atom. The van der Waals surface area contributed by atoms with E-state index in [0.29, 0.717) is 16.5 Å². The van der Waals surface area contributed by atoms with Gasteiger partial charge in [-0.15, -0.1) is 11.3 Å². The third-order valence-corrected chi connectivity index (χ3v) is 4.63. The molecule has 1 heterocycles. The molecule has 0 spiro atoms. The fraction of sp³-hybridized carbons (Fsp3) is 0.615. The monoisotopic (exact) mass is 268 g/mol. The molecule has 0 unspecified atom stereocenters. The lowest BCUT2D eigenvalue weighted by Gasteiger charge is -2.20. The molecule has 0 aliphatic heterocycles. The first kappa shape index (κ1) is 13.2. The minimum absolute atomic E-state index is 0.321. The summed E-state index contributed by atoms with van der Waals surface area (Å²) in [7, 11) is 1.40. The van der Waals surface area contributed by atoms with E-state index in [-0.39, 0.29) is 5.97 Å². The summed E-state index contributed by atoms with van der Waals surface area (Å²) in [5.74, 6) is 0.216. The minimum Gasteiger partial charge on any atom is -0.465 e. The largest absolute Gasteiger partial charge is 0.465 e. The molecule has 4 nitrogen and oxygen atoms in total. The van der Waals surface area contributed by atoms with Crippen molar-refractivity contribution < 1.29 is 9.53 Å². The number of carbonyl (C=O) groups is 1. The van der Waals surface area contributed by atoms with Gasteiger partial charge in [-0.2, -0.15) is 0 Å². The molecule has 5 heteroatoms. The van der Waals surface area contributed by atoms with E-state index < -0.39 is 0 Å². The van der Waals surface area contributed by atoms with Crippen molar-refractivity contribution in [3.63, 3.8) is 0 Å². The normalized spacial score (nSPS) is 14.6. The topological polar surface area (TPSA) is 55.6 Å². The van der Waals surface area contributed by atoms with E-state index in [1.54, 1.807) is 0 Å². The zero-order chi connectivity index (χ0) is 13.3. The Balaban J connectivity index is 2.47. The summed E-state index contributed by atoms with van der Waals surface area (Å²) in [6.45, 7) is 6.09. The maximum atomic E-state index is 11.7. The SMILES string of the molecule is CCN(CC)c1sc(C(=O)OC)c(N)c1C1CC1. The Morgan fingerprint density at radius 2 is 2.06 bits per heavy atom. The van der Waals surface area contributed by atoms with Crippen molar-refractivity contribution in [2.75, 3.05) is 30.8 Å². The first-order valence-electron chi connectivity index (χ1n) is 6.39. The lowest BCUT2D eigenvalue weighted by atomic mass is 10.1. The van der Waals surface area contributed by atoms with Crippen LogP contribution in [0.25, 0.3) is 0 Å². The van der Waals surface area contributed by atoms with Crippen LogP contribution in [0.1, 0.15) is 47.8 Å². The van der Waals surface area contributed by atoms with E-state index in [1.807, 2.05) is 0 Å². The second kappa shape index (κ2) is 5.18. The number of esters is 1. The Labute approximate surface area is 112 Å². The molecule has 0 atom stereocenters. The summed E-state index contributed by atoms with van der Waals surface area (Å²) < 4.78 is 4.81. The Morgan fingerprint density at radius 1 is 1.44 bits per heavy atom. The smallest absolute Gasteiger partial charge is 0.350 e. The molecular weight excluding hydrogens is 248 g/mol. The zero-order valence-electron chi connectivity index (χ0n) is 11.2. The second-order valence-corrected chi connectivity index (χ2v) is 5.50. The maximum absolute atomic E-state index is 11.7. The van der Waals surface area contributed by atoms with Gasteiger partial charge in [-0.25, -0.2) is 4.79 Å². The quantitative estimate of drug-likeness (QED) is 0.834. The number of ether oxygens (including phenoxy) is 1. The number of anilines is 2.